The van der Waals surface area contributed by atoms with Crippen LogP contribution in [0.5, 0.6) is 0 Å². The van der Waals surface area contributed by atoms with Crippen molar-refractivity contribution in [3.63, 3.8) is 0 Å². The van der Waals surface area contributed by atoms with Crippen molar-refractivity contribution in [3.05, 3.63) is 41.7 Å². The molecule has 0 atom stereocenters. The Hall–Kier alpha value is -2.15. The van der Waals surface area contributed by atoms with E-state index in [-0.39, 0.29) is 0 Å². The average molecular weight is 240 g/mol. The number of aromatic nitrogens is 4. The van der Waals surface area contributed by atoms with Crippen LogP contribution in [0.2, 0.25) is 0 Å². The largest absolute Gasteiger partial charge is 0.218 e. The molecule has 0 aliphatic rings. The number of benzene rings is 1. The van der Waals surface area contributed by atoms with Gasteiger partial charge >= 0.3 is 0 Å². The number of hydrogen-bond acceptors (Lipinski definition) is 3. The quantitative estimate of drug-likeness (QED) is 0.749. The first kappa shape index (κ1) is 12.3. The molecule has 2 rings (SSSR count). The molecular formula is C14H16N4. The molecule has 4 nitrogen and oxygen atoms in total. The Balaban J connectivity index is 1.86. The third-order valence-electron chi connectivity index (χ3n) is 2.72. The van der Waals surface area contributed by atoms with Crippen molar-refractivity contribution in [3.8, 4) is 11.8 Å². The summed E-state index contributed by atoms with van der Waals surface area (Å²) in [6, 6.07) is 10.5. The van der Waals surface area contributed by atoms with Gasteiger partial charge in [0, 0.05) is 6.42 Å². The molecule has 0 saturated heterocycles. The molecule has 92 valence electrons. The van der Waals surface area contributed by atoms with Gasteiger partial charge in [-0.25, -0.2) is 4.68 Å². The van der Waals surface area contributed by atoms with Crippen molar-refractivity contribution >= 4 is 0 Å². The smallest absolute Gasteiger partial charge is 0.152 e. The summed E-state index contributed by atoms with van der Waals surface area (Å²) in [4.78, 5) is 0. The van der Waals surface area contributed by atoms with Gasteiger partial charge in [-0.1, -0.05) is 36.3 Å². The second kappa shape index (κ2) is 6.55. The maximum Gasteiger partial charge on any atom is 0.152 e. The summed E-state index contributed by atoms with van der Waals surface area (Å²) in [7, 11) is 0. The minimum absolute atomic E-state index is 0.574. The van der Waals surface area contributed by atoms with Crippen LogP contribution in [0.15, 0.2) is 30.3 Å². The Labute approximate surface area is 107 Å². The zero-order chi connectivity index (χ0) is 12.6. The first-order valence-electron chi connectivity index (χ1n) is 6.08. The topological polar surface area (TPSA) is 43.6 Å². The van der Waals surface area contributed by atoms with Gasteiger partial charge in [0.2, 0.25) is 0 Å². The van der Waals surface area contributed by atoms with Crippen molar-refractivity contribution < 1.29 is 0 Å². The first-order chi connectivity index (χ1) is 8.90. The minimum Gasteiger partial charge on any atom is -0.218 e. The summed E-state index contributed by atoms with van der Waals surface area (Å²) in [6.07, 6.45) is 2.98. The van der Waals surface area contributed by atoms with Gasteiger partial charge in [-0.3, -0.25) is 0 Å². The first-order valence-corrected chi connectivity index (χ1v) is 6.08. The van der Waals surface area contributed by atoms with Crippen LogP contribution in [0, 0.1) is 11.8 Å². The van der Waals surface area contributed by atoms with Crippen molar-refractivity contribution in [2.45, 2.75) is 32.7 Å². The van der Waals surface area contributed by atoms with Gasteiger partial charge in [0.1, 0.15) is 6.54 Å². The van der Waals surface area contributed by atoms with E-state index in [1.807, 2.05) is 13.0 Å². The van der Waals surface area contributed by atoms with E-state index in [0.717, 1.165) is 25.1 Å². The van der Waals surface area contributed by atoms with Gasteiger partial charge in [-0.2, -0.15) is 0 Å². The molecule has 2 aromatic rings. The Morgan fingerprint density at radius 3 is 2.78 bits per heavy atom. The number of rotatable bonds is 5. The Morgan fingerprint density at radius 2 is 2.00 bits per heavy atom. The lowest BCUT2D eigenvalue weighted by molar-refractivity contribution is 0.625. The highest BCUT2D eigenvalue weighted by Crippen LogP contribution is 2.05. The molecule has 4 heteroatoms. The van der Waals surface area contributed by atoms with E-state index in [1.54, 1.807) is 4.68 Å². The van der Waals surface area contributed by atoms with E-state index >= 15 is 0 Å². The SMILES string of the molecule is CC#CCn1nnnc1CCCc1ccccc1. The molecule has 0 fully saturated rings. The van der Waals surface area contributed by atoms with E-state index in [0.29, 0.717) is 6.54 Å². The van der Waals surface area contributed by atoms with Crippen LogP contribution >= 0.6 is 0 Å². The maximum absolute atomic E-state index is 4.03. The van der Waals surface area contributed by atoms with Crippen molar-refractivity contribution in [1.29, 1.82) is 0 Å². The second-order valence-corrected chi connectivity index (χ2v) is 4.02. The summed E-state index contributed by atoms with van der Waals surface area (Å²) in [6.45, 7) is 2.39. The lowest BCUT2D eigenvalue weighted by Gasteiger charge is -2.01. The van der Waals surface area contributed by atoms with E-state index < -0.39 is 0 Å². The predicted octanol–water partition coefficient (Wildman–Crippen LogP) is 1.87. The Kier molecular flexibility index (Phi) is 4.48. The average Bonchev–Trinajstić information content (AvgIpc) is 2.85. The standard InChI is InChI=1S/C14H16N4/c1-2-3-12-18-14(15-16-17-18)11-7-10-13-8-5-4-6-9-13/h4-6,8-9H,7,10-12H2,1H3. The Morgan fingerprint density at radius 1 is 1.17 bits per heavy atom. The van der Waals surface area contributed by atoms with Gasteiger partial charge in [0.15, 0.2) is 5.82 Å². The molecule has 0 amide bonds. The molecule has 0 radical (unpaired) electrons. The number of nitrogens with zero attached hydrogens (tertiary/aromatic N) is 4. The van der Waals surface area contributed by atoms with Crippen LogP contribution in [0.3, 0.4) is 0 Å². The number of tetrazole rings is 1. The maximum atomic E-state index is 4.03. The number of hydrogen-bond donors (Lipinski definition) is 0. The second-order valence-electron chi connectivity index (χ2n) is 4.02. The summed E-state index contributed by atoms with van der Waals surface area (Å²) < 4.78 is 1.77. The summed E-state index contributed by atoms with van der Waals surface area (Å²) in [5.41, 5.74) is 1.35. The highest BCUT2D eigenvalue weighted by molar-refractivity contribution is 5.14. The van der Waals surface area contributed by atoms with Crippen molar-refractivity contribution in [1.82, 2.24) is 20.2 Å². The number of aryl methyl sites for hydroxylation is 2. The minimum atomic E-state index is 0.574. The molecule has 0 aliphatic carbocycles. The normalized spacial score (nSPS) is 9.83. The van der Waals surface area contributed by atoms with Crippen LogP contribution in [0.1, 0.15) is 24.7 Å². The van der Waals surface area contributed by atoms with Crippen LogP contribution in [-0.2, 0) is 19.4 Å². The molecule has 0 aliphatic heterocycles. The molecule has 0 N–H and O–H groups in total. The third kappa shape index (κ3) is 3.42. The lowest BCUT2D eigenvalue weighted by Crippen LogP contribution is -2.05. The van der Waals surface area contributed by atoms with Gasteiger partial charge < -0.3 is 0 Å². The fourth-order valence-corrected chi connectivity index (χ4v) is 1.77. The third-order valence-corrected chi connectivity index (χ3v) is 2.72. The zero-order valence-corrected chi connectivity index (χ0v) is 10.5. The van der Waals surface area contributed by atoms with Crippen molar-refractivity contribution in [2.75, 3.05) is 0 Å². The fraction of sp³-hybridized carbons (Fsp3) is 0.357. The summed E-state index contributed by atoms with van der Waals surface area (Å²) in [5.74, 6) is 6.73. The molecule has 1 aromatic heterocycles. The molecule has 0 unspecified atom stereocenters. The Bertz CT molecular complexity index is 534. The molecule has 0 spiro atoms. The van der Waals surface area contributed by atoms with Crippen LogP contribution in [-0.4, -0.2) is 20.2 Å². The molecular weight excluding hydrogens is 224 g/mol. The van der Waals surface area contributed by atoms with Gasteiger partial charge in [0.25, 0.3) is 0 Å². The zero-order valence-electron chi connectivity index (χ0n) is 10.5. The van der Waals surface area contributed by atoms with Gasteiger partial charge in [0.05, 0.1) is 0 Å². The van der Waals surface area contributed by atoms with E-state index in [1.165, 1.54) is 5.56 Å². The fourth-order valence-electron chi connectivity index (χ4n) is 1.77. The molecule has 0 saturated carbocycles. The van der Waals surface area contributed by atoms with Gasteiger partial charge in [-0.05, 0) is 35.8 Å². The van der Waals surface area contributed by atoms with Crippen molar-refractivity contribution in [2.24, 2.45) is 0 Å². The highest BCUT2D eigenvalue weighted by Gasteiger charge is 2.04. The van der Waals surface area contributed by atoms with E-state index in [4.69, 9.17) is 0 Å². The molecule has 18 heavy (non-hydrogen) atoms. The molecule has 1 aromatic carbocycles. The van der Waals surface area contributed by atoms with E-state index in [9.17, 15) is 0 Å². The lowest BCUT2D eigenvalue weighted by atomic mass is 10.1. The summed E-state index contributed by atoms with van der Waals surface area (Å²) in [5, 5.41) is 11.7. The van der Waals surface area contributed by atoms with Crippen LogP contribution < -0.4 is 0 Å². The highest BCUT2D eigenvalue weighted by atomic mass is 15.5. The van der Waals surface area contributed by atoms with E-state index in [2.05, 4.69) is 51.6 Å². The molecule has 1 heterocycles. The molecule has 0 bridgehead atoms. The monoisotopic (exact) mass is 240 g/mol. The van der Waals surface area contributed by atoms with Crippen LogP contribution in [0.4, 0.5) is 0 Å². The van der Waals surface area contributed by atoms with Crippen LogP contribution in [0.25, 0.3) is 0 Å². The predicted molar refractivity (Wildman–Crippen MR) is 69.7 cm³/mol. The summed E-state index contributed by atoms with van der Waals surface area (Å²) >= 11 is 0. The van der Waals surface area contributed by atoms with Gasteiger partial charge in [-0.15, -0.1) is 11.0 Å².